The summed E-state index contributed by atoms with van der Waals surface area (Å²) in [5, 5.41) is 5.85. The molecular weight excluding hydrogens is 544 g/mol. The molecule has 1 aliphatic rings. The first-order valence-electron chi connectivity index (χ1n) is 13.0. The van der Waals surface area contributed by atoms with E-state index in [2.05, 4.69) is 25.4 Å². The smallest absolute Gasteiger partial charge is 0.459 e. The van der Waals surface area contributed by atoms with Crippen LogP contribution in [0.1, 0.15) is 46.8 Å². The Kier molecular flexibility index (Phi) is 9.56. The highest BCUT2D eigenvalue weighted by molar-refractivity contribution is 7.52. The molecule has 0 bridgehead atoms. The summed E-state index contributed by atoms with van der Waals surface area (Å²) < 4.78 is 51.6. The minimum atomic E-state index is -4.19. The van der Waals surface area contributed by atoms with Gasteiger partial charge in [0, 0.05) is 6.04 Å². The van der Waals surface area contributed by atoms with Crippen LogP contribution in [0.2, 0.25) is 0 Å². The van der Waals surface area contributed by atoms with Crippen LogP contribution >= 0.6 is 7.75 Å². The Labute approximate surface area is 231 Å². The van der Waals surface area contributed by atoms with E-state index in [9.17, 15) is 13.8 Å². The molecule has 1 saturated carbocycles. The number of imidazole rings is 1. The minimum absolute atomic E-state index is 0.0603. The molecule has 1 aliphatic carbocycles. The van der Waals surface area contributed by atoms with Gasteiger partial charge in [-0.2, -0.15) is 15.1 Å². The first kappa shape index (κ1) is 29.7. The molecule has 4 rings (SSSR count). The summed E-state index contributed by atoms with van der Waals surface area (Å²) in [5.41, 5.74) is 6.84. The number of benzene rings is 1. The van der Waals surface area contributed by atoms with Gasteiger partial charge in [0.2, 0.25) is 5.95 Å². The molecule has 3 aromatic rings. The number of aromatic nitrogens is 4. The van der Waals surface area contributed by atoms with E-state index in [0.717, 1.165) is 12.8 Å². The summed E-state index contributed by atoms with van der Waals surface area (Å²) in [5.74, 6) is 0.166. The highest BCUT2D eigenvalue weighted by atomic mass is 31.2. The Hall–Kier alpha value is -3.32. The largest absolute Gasteiger partial charge is 0.462 e. The monoisotopic (exact) mass is 579 g/mol. The molecule has 2 aromatic heterocycles. The molecule has 4 N–H and O–H groups in total. The normalized spacial score (nSPS) is 17.2. The fraction of sp³-hybridized carbons (Fsp3) is 0.520. The van der Waals surface area contributed by atoms with E-state index < -0.39 is 45.4 Å². The molecule has 2 heterocycles. The van der Waals surface area contributed by atoms with Crippen LogP contribution in [0.4, 0.5) is 16.2 Å². The number of halogens is 1. The number of rotatable bonds is 15. The molecule has 0 radical (unpaired) electrons. The third kappa shape index (κ3) is 7.87. The van der Waals surface area contributed by atoms with Crippen LogP contribution in [0.15, 0.2) is 36.7 Å². The zero-order valence-electron chi connectivity index (χ0n) is 22.8. The highest BCUT2D eigenvalue weighted by Gasteiger charge is 2.34. The maximum Gasteiger partial charge on any atom is 0.459 e. The number of nitrogens with zero attached hydrogens (tertiary/aromatic N) is 4. The van der Waals surface area contributed by atoms with Gasteiger partial charge in [-0.1, -0.05) is 18.2 Å². The first-order chi connectivity index (χ1) is 19.1. The molecule has 0 spiro atoms. The number of nitrogens with one attached hydrogen (secondary N) is 2. The van der Waals surface area contributed by atoms with Gasteiger partial charge in [-0.3, -0.25) is 13.9 Å². The van der Waals surface area contributed by atoms with Gasteiger partial charge in [0.05, 0.1) is 19.0 Å². The lowest BCUT2D eigenvalue weighted by Gasteiger charge is -2.26. The number of nitrogen functional groups attached to an aromatic ring is 1. The fourth-order valence-electron chi connectivity index (χ4n) is 3.70. The summed E-state index contributed by atoms with van der Waals surface area (Å²) >= 11 is 0. The van der Waals surface area contributed by atoms with Crippen LogP contribution < -0.4 is 20.7 Å². The maximum absolute atomic E-state index is 14.1. The second kappa shape index (κ2) is 12.9. The van der Waals surface area contributed by atoms with Crippen LogP contribution in [0.5, 0.6) is 5.75 Å². The molecule has 13 nitrogen and oxygen atoms in total. The van der Waals surface area contributed by atoms with Crippen LogP contribution in [0, 0.1) is 0 Å². The quantitative estimate of drug-likeness (QED) is 0.175. The van der Waals surface area contributed by atoms with E-state index in [4.69, 9.17) is 24.3 Å². The number of carbonyl (C=O) groups is 1. The van der Waals surface area contributed by atoms with Gasteiger partial charge < -0.3 is 25.0 Å². The molecule has 1 aromatic carbocycles. The van der Waals surface area contributed by atoms with Gasteiger partial charge in [0.15, 0.2) is 17.0 Å². The fourth-order valence-corrected chi connectivity index (χ4v) is 5.22. The SMILES string of the molecule is CC(C)OC(=O)[C@@H](C)NP(=O)(OC[C@H](CF)O[C@H](C)n1cnc2c(NC3CC3)nc(N)nc21)Oc1ccccc1. The van der Waals surface area contributed by atoms with Crippen LogP contribution in [0.3, 0.4) is 0 Å². The van der Waals surface area contributed by atoms with Crippen molar-refractivity contribution in [2.75, 3.05) is 24.3 Å². The van der Waals surface area contributed by atoms with Crippen molar-refractivity contribution in [2.24, 2.45) is 0 Å². The Balaban J connectivity index is 1.46. The number of esters is 1. The standard InChI is InChI=1S/C25H35FN7O6P/c1-15(2)37-24(34)16(3)32-40(35,39-19-8-6-5-7-9-19)36-13-20(12-26)38-17(4)33-14-28-21-22(29-18-10-11-18)30-25(27)31-23(21)33/h5-9,14-18,20H,10-13H2,1-4H3,(H,32,35)(H3,27,29,30,31)/t16-,17-,20+,40?/m1/s1. The van der Waals surface area contributed by atoms with E-state index in [-0.39, 0.29) is 17.8 Å². The summed E-state index contributed by atoms with van der Waals surface area (Å²) in [6.07, 6.45) is 1.30. The number of hydrogen-bond donors (Lipinski definition) is 3. The Morgan fingerprint density at radius 2 is 1.93 bits per heavy atom. The van der Waals surface area contributed by atoms with Crippen molar-refractivity contribution < 1.29 is 32.3 Å². The topological polar surface area (TPSA) is 165 Å². The number of ether oxygens (including phenoxy) is 2. The molecule has 1 fully saturated rings. The Morgan fingerprint density at radius 1 is 1.20 bits per heavy atom. The second-order valence-electron chi connectivity index (χ2n) is 9.72. The number of alkyl halides is 1. The number of nitrogens with two attached hydrogens (primary N) is 1. The predicted molar refractivity (Wildman–Crippen MR) is 146 cm³/mol. The average molecular weight is 580 g/mol. The lowest BCUT2D eigenvalue weighted by atomic mass is 10.3. The van der Waals surface area contributed by atoms with E-state index in [1.54, 1.807) is 55.7 Å². The summed E-state index contributed by atoms with van der Waals surface area (Å²) in [7, 11) is -4.19. The average Bonchev–Trinajstić information content (AvgIpc) is 3.61. The van der Waals surface area contributed by atoms with Crippen LogP contribution in [0.25, 0.3) is 11.2 Å². The van der Waals surface area contributed by atoms with Crippen molar-refractivity contribution in [3.05, 3.63) is 36.7 Å². The molecule has 40 heavy (non-hydrogen) atoms. The summed E-state index contributed by atoms with van der Waals surface area (Å²) in [6, 6.07) is 7.55. The van der Waals surface area contributed by atoms with Gasteiger partial charge in [-0.05, 0) is 52.7 Å². The predicted octanol–water partition coefficient (Wildman–Crippen LogP) is 3.99. The van der Waals surface area contributed by atoms with E-state index in [0.29, 0.717) is 23.0 Å². The van der Waals surface area contributed by atoms with E-state index in [1.165, 1.54) is 13.3 Å². The van der Waals surface area contributed by atoms with Crippen LogP contribution in [-0.2, 0) is 23.4 Å². The number of carbonyl (C=O) groups excluding carboxylic acids is 1. The summed E-state index contributed by atoms with van der Waals surface area (Å²) in [4.78, 5) is 25.3. The van der Waals surface area contributed by atoms with Crippen molar-refractivity contribution in [1.82, 2.24) is 24.6 Å². The van der Waals surface area contributed by atoms with Gasteiger partial charge in [-0.25, -0.2) is 13.9 Å². The van der Waals surface area contributed by atoms with Crippen molar-refractivity contribution in [1.29, 1.82) is 0 Å². The zero-order valence-corrected chi connectivity index (χ0v) is 23.7. The van der Waals surface area contributed by atoms with E-state index in [1.807, 2.05) is 0 Å². The Morgan fingerprint density at radius 3 is 2.58 bits per heavy atom. The second-order valence-corrected chi connectivity index (χ2v) is 11.4. The lowest BCUT2D eigenvalue weighted by molar-refractivity contribution is -0.149. The maximum atomic E-state index is 14.1. The number of fused-ring (bicyclic) bond motifs is 1. The molecule has 0 aliphatic heterocycles. The van der Waals surface area contributed by atoms with Gasteiger partial charge >= 0.3 is 13.7 Å². The van der Waals surface area contributed by atoms with Crippen LogP contribution in [-0.4, -0.2) is 63.1 Å². The molecule has 15 heteroatoms. The van der Waals surface area contributed by atoms with Gasteiger partial charge in [0.1, 0.15) is 30.8 Å². The number of hydrogen-bond acceptors (Lipinski definition) is 11. The van der Waals surface area contributed by atoms with Crippen molar-refractivity contribution >= 4 is 36.6 Å². The third-order valence-corrected chi connectivity index (χ3v) is 7.41. The summed E-state index contributed by atoms with van der Waals surface area (Å²) in [6.45, 7) is 5.11. The molecule has 1 unspecified atom stereocenters. The number of para-hydroxylation sites is 1. The van der Waals surface area contributed by atoms with Crippen molar-refractivity contribution in [3.63, 3.8) is 0 Å². The zero-order chi connectivity index (χ0) is 28.9. The van der Waals surface area contributed by atoms with Crippen molar-refractivity contribution in [2.45, 2.75) is 71.1 Å². The molecule has 218 valence electrons. The van der Waals surface area contributed by atoms with Gasteiger partial charge in [-0.15, -0.1) is 0 Å². The minimum Gasteiger partial charge on any atom is -0.462 e. The van der Waals surface area contributed by atoms with Crippen molar-refractivity contribution in [3.8, 4) is 5.75 Å². The Bertz CT molecular complexity index is 1340. The lowest BCUT2D eigenvalue weighted by Crippen LogP contribution is -2.37. The molecule has 0 saturated heterocycles. The van der Waals surface area contributed by atoms with E-state index >= 15 is 0 Å². The molecular formula is C25H35FN7O6P. The number of anilines is 2. The first-order valence-corrected chi connectivity index (χ1v) is 14.6. The molecule has 4 atom stereocenters. The van der Waals surface area contributed by atoms with Gasteiger partial charge in [0.25, 0.3) is 0 Å². The third-order valence-electron chi connectivity index (χ3n) is 5.77. The highest BCUT2D eigenvalue weighted by Crippen LogP contribution is 2.45. The molecule has 0 amide bonds.